The van der Waals surface area contributed by atoms with Crippen molar-refractivity contribution in [2.24, 2.45) is 5.92 Å². The zero-order valence-corrected chi connectivity index (χ0v) is 12.9. The van der Waals surface area contributed by atoms with E-state index in [1.165, 1.54) is 25.7 Å². The van der Waals surface area contributed by atoms with Crippen molar-refractivity contribution in [1.82, 2.24) is 15.5 Å². The molecule has 114 valence electrons. The van der Waals surface area contributed by atoms with Crippen molar-refractivity contribution in [3.63, 3.8) is 0 Å². The van der Waals surface area contributed by atoms with E-state index in [0.717, 1.165) is 25.8 Å². The number of carbonyl (C=O) groups excluding carboxylic acids is 1. The number of rotatable bonds is 3. The maximum absolute atomic E-state index is 12.3. The van der Waals surface area contributed by atoms with Gasteiger partial charge in [0.2, 0.25) is 5.91 Å². The maximum atomic E-state index is 12.3. The third kappa shape index (κ3) is 3.34. The second-order valence-electron chi connectivity index (χ2n) is 7.30. The van der Waals surface area contributed by atoms with Crippen LogP contribution in [0.5, 0.6) is 0 Å². The van der Waals surface area contributed by atoms with Gasteiger partial charge in [-0.15, -0.1) is 0 Å². The smallest absolute Gasteiger partial charge is 0.220 e. The van der Waals surface area contributed by atoms with E-state index in [-0.39, 0.29) is 5.91 Å². The molecule has 4 heteroatoms. The summed E-state index contributed by atoms with van der Waals surface area (Å²) in [7, 11) is 2.17. The first-order chi connectivity index (χ1) is 9.60. The number of likely N-dealkylation sites (tertiary alicyclic amines) is 1. The number of amides is 1. The van der Waals surface area contributed by atoms with E-state index < -0.39 is 0 Å². The summed E-state index contributed by atoms with van der Waals surface area (Å²) in [4.78, 5) is 14.6. The predicted octanol–water partition coefficient (Wildman–Crippen LogP) is 1.51. The van der Waals surface area contributed by atoms with Crippen molar-refractivity contribution in [1.29, 1.82) is 0 Å². The Bertz CT molecular complexity index is 348. The van der Waals surface area contributed by atoms with Gasteiger partial charge in [-0.2, -0.15) is 0 Å². The van der Waals surface area contributed by atoms with Crippen LogP contribution in [0.3, 0.4) is 0 Å². The van der Waals surface area contributed by atoms with Gasteiger partial charge in [-0.3, -0.25) is 4.79 Å². The molecule has 0 spiro atoms. The van der Waals surface area contributed by atoms with E-state index in [0.29, 0.717) is 30.1 Å². The minimum absolute atomic E-state index is 0.290. The predicted molar refractivity (Wildman–Crippen MR) is 80.5 cm³/mol. The lowest BCUT2D eigenvalue weighted by Gasteiger charge is -2.35. The summed E-state index contributed by atoms with van der Waals surface area (Å²) < 4.78 is 0. The molecule has 4 unspecified atom stereocenters. The van der Waals surface area contributed by atoms with E-state index in [9.17, 15) is 4.79 Å². The first-order valence-corrected chi connectivity index (χ1v) is 8.36. The molecule has 20 heavy (non-hydrogen) atoms. The monoisotopic (exact) mass is 279 g/mol. The number of piperidine rings is 2. The van der Waals surface area contributed by atoms with Crippen LogP contribution in [-0.2, 0) is 4.79 Å². The van der Waals surface area contributed by atoms with Crippen molar-refractivity contribution in [2.75, 3.05) is 13.6 Å². The first-order valence-electron chi connectivity index (χ1n) is 8.36. The quantitative estimate of drug-likeness (QED) is 0.823. The van der Waals surface area contributed by atoms with Gasteiger partial charge in [0.25, 0.3) is 0 Å². The molecule has 0 saturated carbocycles. The zero-order chi connectivity index (χ0) is 14.1. The molecule has 3 aliphatic heterocycles. The SMILES string of the molecule is CC1CC(NC(=O)CC2CC3CCC(C2)N3)CCN1C. The molecule has 2 bridgehead atoms. The van der Waals surface area contributed by atoms with Crippen molar-refractivity contribution < 1.29 is 4.79 Å². The largest absolute Gasteiger partial charge is 0.353 e. The molecule has 0 aromatic carbocycles. The van der Waals surface area contributed by atoms with E-state index in [1.807, 2.05) is 0 Å². The molecule has 3 aliphatic rings. The Hall–Kier alpha value is -0.610. The minimum Gasteiger partial charge on any atom is -0.353 e. The van der Waals surface area contributed by atoms with Crippen LogP contribution in [0.1, 0.15) is 51.9 Å². The van der Waals surface area contributed by atoms with Gasteiger partial charge in [0.05, 0.1) is 0 Å². The van der Waals surface area contributed by atoms with Crippen molar-refractivity contribution in [2.45, 2.75) is 76.0 Å². The molecule has 4 atom stereocenters. The van der Waals surface area contributed by atoms with Crippen LogP contribution >= 0.6 is 0 Å². The second-order valence-corrected chi connectivity index (χ2v) is 7.30. The Balaban J connectivity index is 1.43. The van der Waals surface area contributed by atoms with Crippen LogP contribution in [0.4, 0.5) is 0 Å². The number of hydrogen-bond acceptors (Lipinski definition) is 3. The number of nitrogens with one attached hydrogen (secondary N) is 2. The molecule has 0 radical (unpaired) electrons. The van der Waals surface area contributed by atoms with Crippen LogP contribution in [0.25, 0.3) is 0 Å². The summed E-state index contributed by atoms with van der Waals surface area (Å²) in [6.07, 6.45) is 7.98. The Labute approximate surface area is 122 Å². The Morgan fingerprint density at radius 3 is 2.55 bits per heavy atom. The van der Waals surface area contributed by atoms with Gasteiger partial charge in [-0.25, -0.2) is 0 Å². The molecule has 0 aliphatic carbocycles. The molecule has 0 aromatic heterocycles. The average molecular weight is 279 g/mol. The standard InChI is InChI=1S/C16H29N3O/c1-11-7-15(5-6-19(11)2)18-16(20)10-12-8-13-3-4-14(9-12)17-13/h11-15,17H,3-10H2,1-2H3,(H,18,20). The Kier molecular flexibility index (Phi) is 4.32. The van der Waals surface area contributed by atoms with Gasteiger partial charge in [-0.05, 0) is 58.4 Å². The van der Waals surface area contributed by atoms with Crippen LogP contribution in [-0.4, -0.2) is 48.6 Å². The van der Waals surface area contributed by atoms with Crippen LogP contribution < -0.4 is 10.6 Å². The molecule has 3 fully saturated rings. The van der Waals surface area contributed by atoms with E-state index in [4.69, 9.17) is 0 Å². The highest BCUT2D eigenvalue weighted by atomic mass is 16.1. The fraction of sp³-hybridized carbons (Fsp3) is 0.938. The van der Waals surface area contributed by atoms with Crippen molar-refractivity contribution in [3.8, 4) is 0 Å². The molecule has 4 nitrogen and oxygen atoms in total. The molecule has 3 heterocycles. The maximum Gasteiger partial charge on any atom is 0.220 e. The van der Waals surface area contributed by atoms with Crippen LogP contribution in [0.15, 0.2) is 0 Å². The number of hydrogen-bond donors (Lipinski definition) is 2. The van der Waals surface area contributed by atoms with Gasteiger partial charge in [0.1, 0.15) is 0 Å². The Morgan fingerprint density at radius 2 is 1.90 bits per heavy atom. The topological polar surface area (TPSA) is 44.4 Å². The van der Waals surface area contributed by atoms with Crippen molar-refractivity contribution in [3.05, 3.63) is 0 Å². The molecule has 0 aromatic rings. The Morgan fingerprint density at radius 1 is 1.20 bits per heavy atom. The fourth-order valence-electron chi connectivity index (χ4n) is 4.31. The highest BCUT2D eigenvalue weighted by Crippen LogP contribution is 2.32. The van der Waals surface area contributed by atoms with Gasteiger partial charge in [0.15, 0.2) is 0 Å². The summed E-state index contributed by atoms with van der Waals surface area (Å²) in [6, 6.07) is 2.36. The summed E-state index contributed by atoms with van der Waals surface area (Å²) in [5.74, 6) is 0.899. The lowest BCUT2D eigenvalue weighted by molar-refractivity contribution is -0.123. The molecular weight excluding hydrogens is 250 g/mol. The molecule has 3 saturated heterocycles. The van der Waals surface area contributed by atoms with Gasteiger partial charge < -0.3 is 15.5 Å². The summed E-state index contributed by atoms with van der Waals surface area (Å²) >= 11 is 0. The van der Waals surface area contributed by atoms with Gasteiger partial charge >= 0.3 is 0 Å². The zero-order valence-electron chi connectivity index (χ0n) is 12.9. The molecule has 2 N–H and O–H groups in total. The normalized spacial score (nSPS) is 41.6. The fourth-order valence-corrected chi connectivity index (χ4v) is 4.31. The van der Waals surface area contributed by atoms with Crippen LogP contribution in [0, 0.1) is 5.92 Å². The highest BCUT2D eigenvalue weighted by molar-refractivity contribution is 5.76. The second kappa shape index (κ2) is 6.02. The lowest BCUT2D eigenvalue weighted by Crippen LogP contribution is -2.48. The van der Waals surface area contributed by atoms with Crippen LogP contribution in [0.2, 0.25) is 0 Å². The number of nitrogens with zero attached hydrogens (tertiary/aromatic N) is 1. The number of fused-ring (bicyclic) bond motifs is 2. The van der Waals surface area contributed by atoms with Gasteiger partial charge in [0, 0.05) is 37.1 Å². The molecule has 1 amide bonds. The number of carbonyl (C=O) groups is 1. The average Bonchev–Trinajstić information content (AvgIpc) is 2.73. The summed E-state index contributed by atoms with van der Waals surface area (Å²) in [6.45, 7) is 3.35. The third-order valence-electron chi connectivity index (χ3n) is 5.62. The van der Waals surface area contributed by atoms with E-state index >= 15 is 0 Å². The van der Waals surface area contributed by atoms with Gasteiger partial charge in [-0.1, -0.05) is 0 Å². The first kappa shape index (κ1) is 14.3. The highest BCUT2D eigenvalue weighted by Gasteiger charge is 2.34. The summed E-state index contributed by atoms with van der Waals surface area (Å²) in [5.41, 5.74) is 0. The van der Waals surface area contributed by atoms with Crippen molar-refractivity contribution >= 4 is 5.91 Å². The lowest BCUT2D eigenvalue weighted by atomic mass is 9.89. The third-order valence-corrected chi connectivity index (χ3v) is 5.62. The summed E-state index contributed by atoms with van der Waals surface area (Å²) in [5, 5.41) is 6.93. The minimum atomic E-state index is 0.290. The molecular formula is C16H29N3O. The van der Waals surface area contributed by atoms with E-state index in [2.05, 4.69) is 29.5 Å². The van der Waals surface area contributed by atoms with E-state index in [1.54, 1.807) is 0 Å². The molecule has 3 rings (SSSR count).